The van der Waals surface area contributed by atoms with Crippen LogP contribution in [0.4, 0.5) is 0 Å². The summed E-state index contributed by atoms with van der Waals surface area (Å²) in [6.07, 6.45) is -0.0552. The Balaban J connectivity index is 1.80. The van der Waals surface area contributed by atoms with E-state index in [0.29, 0.717) is 17.1 Å². The highest BCUT2D eigenvalue weighted by Gasteiger charge is 2.45. The van der Waals surface area contributed by atoms with Gasteiger partial charge in [0.2, 0.25) is 0 Å². The normalized spacial score (nSPS) is 14.2. The molecule has 0 aromatic heterocycles. The lowest BCUT2D eigenvalue weighted by Gasteiger charge is -2.28. The van der Waals surface area contributed by atoms with Gasteiger partial charge < -0.3 is 14.6 Å². The molecule has 1 N–H and O–H groups in total. The van der Waals surface area contributed by atoms with Crippen molar-refractivity contribution in [2.24, 2.45) is 0 Å². The Morgan fingerprint density at radius 3 is 1.92 bits per heavy atom. The summed E-state index contributed by atoms with van der Waals surface area (Å²) in [5.41, 5.74) is 2.42. The number of rotatable bonds is 4. The molecule has 1 aliphatic rings. The van der Waals surface area contributed by atoms with Gasteiger partial charge in [-0.05, 0) is 17.7 Å². The summed E-state index contributed by atoms with van der Waals surface area (Å²) in [4.78, 5) is 11.0. The van der Waals surface area contributed by atoms with Crippen LogP contribution >= 0.6 is 0 Å². The second kappa shape index (κ2) is 5.98. The molecule has 0 bridgehead atoms. The van der Waals surface area contributed by atoms with E-state index in [0.717, 1.165) is 11.1 Å². The van der Waals surface area contributed by atoms with Gasteiger partial charge >= 0.3 is 11.8 Å². The lowest BCUT2D eigenvalue weighted by atomic mass is 9.97. The smallest absolute Gasteiger partial charge is 0.307 e. The summed E-state index contributed by atoms with van der Waals surface area (Å²) in [5.74, 6) is -0.809. The molecule has 124 valence electrons. The van der Waals surface area contributed by atoms with Crippen molar-refractivity contribution in [3.8, 4) is 11.5 Å². The molecule has 4 heteroatoms. The standard InChI is InChI=1S/C21H16O4/c22-20(23)14-15-11-12-18-19(13-15)25-21(24-18,16-7-3-1-4-8-16)17-9-5-2-6-10-17/h1-13H,14H2,(H,22,23). The molecule has 0 saturated heterocycles. The Bertz CT molecular complexity index is 864. The topological polar surface area (TPSA) is 55.8 Å². The minimum Gasteiger partial charge on any atom is -0.481 e. The summed E-state index contributed by atoms with van der Waals surface area (Å²) in [5, 5.41) is 9.00. The number of aliphatic carboxylic acids is 1. The van der Waals surface area contributed by atoms with Crippen LogP contribution in [0.2, 0.25) is 0 Å². The molecule has 0 amide bonds. The number of carboxylic acid groups (broad SMARTS) is 1. The van der Waals surface area contributed by atoms with Crippen LogP contribution in [0.5, 0.6) is 11.5 Å². The first-order chi connectivity index (χ1) is 12.2. The van der Waals surface area contributed by atoms with Crippen LogP contribution in [-0.4, -0.2) is 11.1 Å². The van der Waals surface area contributed by atoms with Crippen molar-refractivity contribution in [3.63, 3.8) is 0 Å². The predicted molar refractivity (Wildman–Crippen MR) is 92.7 cm³/mol. The van der Waals surface area contributed by atoms with Gasteiger partial charge in [0, 0.05) is 11.1 Å². The van der Waals surface area contributed by atoms with Crippen molar-refractivity contribution >= 4 is 5.97 Å². The fourth-order valence-electron chi connectivity index (χ4n) is 3.05. The Kier molecular flexibility index (Phi) is 3.65. The second-order valence-electron chi connectivity index (χ2n) is 5.90. The molecule has 0 aliphatic carbocycles. The van der Waals surface area contributed by atoms with Gasteiger partial charge in [0.15, 0.2) is 11.5 Å². The van der Waals surface area contributed by atoms with Gasteiger partial charge in [-0.15, -0.1) is 0 Å². The molecule has 0 spiro atoms. The van der Waals surface area contributed by atoms with E-state index in [1.54, 1.807) is 18.2 Å². The van der Waals surface area contributed by atoms with E-state index in [2.05, 4.69) is 0 Å². The Hall–Kier alpha value is -3.27. The fraction of sp³-hybridized carbons (Fsp3) is 0.0952. The Labute approximate surface area is 145 Å². The van der Waals surface area contributed by atoms with Gasteiger partial charge in [-0.3, -0.25) is 4.79 Å². The maximum atomic E-state index is 11.0. The van der Waals surface area contributed by atoms with Gasteiger partial charge in [0.25, 0.3) is 0 Å². The van der Waals surface area contributed by atoms with Gasteiger partial charge in [-0.2, -0.15) is 0 Å². The van der Waals surface area contributed by atoms with Gasteiger partial charge in [0.1, 0.15) is 0 Å². The minimum absolute atomic E-state index is 0.0552. The van der Waals surface area contributed by atoms with E-state index >= 15 is 0 Å². The van der Waals surface area contributed by atoms with Crippen molar-refractivity contribution in [2.45, 2.75) is 12.2 Å². The van der Waals surface area contributed by atoms with Gasteiger partial charge in [-0.25, -0.2) is 0 Å². The highest BCUT2D eigenvalue weighted by atomic mass is 16.7. The third-order valence-electron chi connectivity index (χ3n) is 4.18. The average molecular weight is 332 g/mol. The van der Waals surface area contributed by atoms with E-state index in [4.69, 9.17) is 14.6 Å². The largest absolute Gasteiger partial charge is 0.481 e. The number of carboxylic acids is 1. The minimum atomic E-state index is -1.08. The summed E-state index contributed by atoms with van der Waals surface area (Å²) < 4.78 is 12.5. The molecule has 0 atom stereocenters. The van der Waals surface area contributed by atoms with Crippen LogP contribution in [0.3, 0.4) is 0 Å². The number of hydrogen-bond donors (Lipinski definition) is 1. The lowest BCUT2D eigenvalue weighted by molar-refractivity contribution is -0.136. The zero-order chi connectivity index (χ0) is 17.3. The SMILES string of the molecule is O=C(O)Cc1ccc2c(c1)OC(c1ccccc1)(c1ccccc1)O2. The Morgan fingerprint density at radius 1 is 0.800 bits per heavy atom. The first-order valence-corrected chi connectivity index (χ1v) is 8.01. The summed E-state index contributed by atoms with van der Waals surface area (Å²) >= 11 is 0. The molecular formula is C21H16O4. The van der Waals surface area contributed by atoms with Crippen molar-refractivity contribution in [1.82, 2.24) is 0 Å². The third-order valence-corrected chi connectivity index (χ3v) is 4.18. The van der Waals surface area contributed by atoms with Crippen LogP contribution in [-0.2, 0) is 17.0 Å². The van der Waals surface area contributed by atoms with Crippen molar-refractivity contribution in [3.05, 3.63) is 95.6 Å². The second-order valence-corrected chi connectivity index (χ2v) is 5.90. The molecule has 4 rings (SSSR count). The number of fused-ring (bicyclic) bond motifs is 1. The molecule has 1 heterocycles. The number of carbonyl (C=O) groups is 1. The highest BCUT2D eigenvalue weighted by molar-refractivity contribution is 5.70. The summed E-state index contributed by atoms with van der Waals surface area (Å²) in [6.45, 7) is 0. The van der Waals surface area contributed by atoms with Crippen molar-refractivity contribution < 1.29 is 19.4 Å². The van der Waals surface area contributed by atoms with E-state index in [1.807, 2.05) is 60.7 Å². The van der Waals surface area contributed by atoms with Crippen LogP contribution < -0.4 is 9.47 Å². The van der Waals surface area contributed by atoms with E-state index < -0.39 is 11.8 Å². The first-order valence-electron chi connectivity index (χ1n) is 8.01. The average Bonchev–Trinajstić information content (AvgIpc) is 3.03. The molecule has 3 aromatic carbocycles. The van der Waals surface area contributed by atoms with Gasteiger partial charge in [0.05, 0.1) is 6.42 Å². The molecule has 4 nitrogen and oxygen atoms in total. The van der Waals surface area contributed by atoms with Crippen LogP contribution in [0.25, 0.3) is 0 Å². The number of hydrogen-bond acceptors (Lipinski definition) is 3. The maximum absolute atomic E-state index is 11.0. The van der Waals surface area contributed by atoms with Crippen LogP contribution in [0.1, 0.15) is 16.7 Å². The van der Waals surface area contributed by atoms with Gasteiger partial charge in [-0.1, -0.05) is 66.7 Å². The lowest BCUT2D eigenvalue weighted by Crippen LogP contribution is -2.36. The predicted octanol–water partition coefficient (Wildman–Crippen LogP) is 3.99. The molecule has 0 radical (unpaired) electrons. The first kappa shape index (κ1) is 15.3. The summed E-state index contributed by atoms with van der Waals surface area (Å²) in [6, 6.07) is 24.7. The Morgan fingerprint density at radius 2 is 1.36 bits per heavy atom. The fourth-order valence-corrected chi connectivity index (χ4v) is 3.05. The molecule has 3 aromatic rings. The highest BCUT2D eigenvalue weighted by Crippen LogP contribution is 2.47. The quantitative estimate of drug-likeness (QED) is 0.785. The van der Waals surface area contributed by atoms with Crippen molar-refractivity contribution in [1.29, 1.82) is 0 Å². The van der Waals surface area contributed by atoms with E-state index in [-0.39, 0.29) is 6.42 Å². The van der Waals surface area contributed by atoms with Crippen LogP contribution in [0, 0.1) is 0 Å². The third kappa shape index (κ3) is 2.72. The van der Waals surface area contributed by atoms with E-state index in [1.165, 1.54) is 0 Å². The molecule has 0 unspecified atom stereocenters. The molecule has 0 fully saturated rings. The number of benzene rings is 3. The molecule has 0 saturated carbocycles. The molecule has 1 aliphatic heterocycles. The monoisotopic (exact) mass is 332 g/mol. The van der Waals surface area contributed by atoms with Crippen molar-refractivity contribution in [2.75, 3.05) is 0 Å². The zero-order valence-electron chi connectivity index (χ0n) is 13.4. The zero-order valence-corrected chi connectivity index (χ0v) is 13.4. The molecular weight excluding hydrogens is 316 g/mol. The maximum Gasteiger partial charge on any atom is 0.307 e. The van der Waals surface area contributed by atoms with Crippen LogP contribution in [0.15, 0.2) is 78.9 Å². The summed E-state index contributed by atoms with van der Waals surface area (Å²) in [7, 11) is 0. The van der Waals surface area contributed by atoms with E-state index in [9.17, 15) is 4.79 Å². The number of ether oxygens (including phenoxy) is 2. The molecule has 25 heavy (non-hydrogen) atoms.